The third-order valence-corrected chi connectivity index (χ3v) is 2.09. The van der Waals surface area contributed by atoms with Crippen LogP contribution in [0.5, 0.6) is 0 Å². The van der Waals surface area contributed by atoms with E-state index in [2.05, 4.69) is 0 Å². The van der Waals surface area contributed by atoms with Crippen molar-refractivity contribution < 1.29 is 18.7 Å². The number of halogens is 1. The largest absolute Gasteiger partial charge is 0.449 e. The molecule has 4 nitrogen and oxygen atoms in total. The lowest BCUT2D eigenvalue weighted by molar-refractivity contribution is -0.125. The number of hydrogen-bond acceptors (Lipinski definition) is 3. The number of rotatable bonds is 3. The Morgan fingerprint density at radius 3 is 2.56 bits per heavy atom. The normalized spacial score (nSPS) is 11.9. The van der Waals surface area contributed by atoms with Crippen LogP contribution in [0.25, 0.3) is 0 Å². The molecule has 0 aliphatic carbocycles. The summed E-state index contributed by atoms with van der Waals surface area (Å²) in [5.41, 5.74) is 5.41. The molecule has 1 aromatic carbocycles. The Balaban J connectivity index is 2.81. The van der Waals surface area contributed by atoms with Crippen LogP contribution in [-0.2, 0) is 9.53 Å². The zero-order valence-electron chi connectivity index (χ0n) is 8.99. The fourth-order valence-electron chi connectivity index (χ4n) is 1.01. The van der Waals surface area contributed by atoms with Gasteiger partial charge in [0.25, 0.3) is 5.91 Å². The number of carbonyl (C=O) groups is 2. The van der Waals surface area contributed by atoms with Gasteiger partial charge in [-0.3, -0.25) is 4.79 Å². The zero-order chi connectivity index (χ0) is 12.3. The SMILES string of the molecule is Cc1ccc(C(=O)O[C@@H](C)C(N)=O)cc1F. The summed E-state index contributed by atoms with van der Waals surface area (Å²) in [5, 5.41) is 0. The maximum Gasteiger partial charge on any atom is 0.339 e. The number of aryl methyl sites for hydroxylation is 1. The molecule has 0 radical (unpaired) electrons. The number of esters is 1. The Morgan fingerprint density at radius 1 is 1.44 bits per heavy atom. The van der Waals surface area contributed by atoms with Gasteiger partial charge < -0.3 is 10.5 Å². The Kier molecular flexibility index (Phi) is 3.60. The van der Waals surface area contributed by atoms with E-state index < -0.39 is 23.8 Å². The van der Waals surface area contributed by atoms with Gasteiger partial charge in [-0.25, -0.2) is 9.18 Å². The van der Waals surface area contributed by atoms with Crippen molar-refractivity contribution in [3.05, 3.63) is 35.1 Å². The lowest BCUT2D eigenvalue weighted by Gasteiger charge is -2.09. The number of amides is 1. The molecule has 0 unspecified atom stereocenters. The molecule has 86 valence electrons. The fraction of sp³-hybridized carbons (Fsp3) is 0.273. The average molecular weight is 225 g/mol. The Morgan fingerprint density at radius 2 is 2.06 bits per heavy atom. The van der Waals surface area contributed by atoms with Crippen LogP contribution in [0.2, 0.25) is 0 Å². The van der Waals surface area contributed by atoms with Crippen molar-refractivity contribution in [1.82, 2.24) is 0 Å². The molecule has 5 heteroatoms. The molecule has 1 rings (SSSR count). The summed E-state index contributed by atoms with van der Waals surface area (Å²) in [6.45, 7) is 2.93. The van der Waals surface area contributed by atoms with Gasteiger partial charge in [0.1, 0.15) is 5.82 Å². The summed E-state index contributed by atoms with van der Waals surface area (Å²) >= 11 is 0. The van der Waals surface area contributed by atoms with E-state index >= 15 is 0 Å². The van der Waals surface area contributed by atoms with Gasteiger partial charge in [0.05, 0.1) is 5.56 Å². The van der Waals surface area contributed by atoms with Crippen LogP contribution in [0, 0.1) is 12.7 Å². The van der Waals surface area contributed by atoms with E-state index in [-0.39, 0.29) is 5.56 Å². The lowest BCUT2D eigenvalue weighted by Crippen LogP contribution is -2.30. The first kappa shape index (κ1) is 12.2. The van der Waals surface area contributed by atoms with E-state index in [0.717, 1.165) is 6.07 Å². The molecule has 0 fully saturated rings. The summed E-state index contributed by atoms with van der Waals surface area (Å²) in [4.78, 5) is 22.1. The second-order valence-corrected chi connectivity index (χ2v) is 3.41. The van der Waals surface area contributed by atoms with Crippen molar-refractivity contribution in [2.75, 3.05) is 0 Å². The van der Waals surface area contributed by atoms with Crippen molar-refractivity contribution in [3.8, 4) is 0 Å². The molecule has 0 saturated heterocycles. The molecule has 0 aromatic heterocycles. The number of primary amides is 1. The van der Waals surface area contributed by atoms with Crippen molar-refractivity contribution in [2.45, 2.75) is 20.0 Å². The highest BCUT2D eigenvalue weighted by Crippen LogP contribution is 2.11. The smallest absolute Gasteiger partial charge is 0.339 e. The number of nitrogens with two attached hydrogens (primary N) is 1. The molecule has 0 aliphatic rings. The van der Waals surface area contributed by atoms with Crippen molar-refractivity contribution in [1.29, 1.82) is 0 Å². The highest BCUT2D eigenvalue weighted by Gasteiger charge is 2.16. The first-order valence-corrected chi connectivity index (χ1v) is 4.68. The van der Waals surface area contributed by atoms with Crippen molar-refractivity contribution in [3.63, 3.8) is 0 Å². The fourth-order valence-corrected chi connectivity index (χ4v) is 1.01. The first-order valence-electron chi connectivity index (χ1n) is 4.68. The second-order valence-electron chi connectivity index (χ2n) is 3.41. The van der Waals surface area contributed by atoms with Crippen LogP contribution in [0.15, 0.2) is 18.2 Å². The predicted octanol–water partition coefficient (Wildman–Crippen LogP) is 1.16. The Bertz CT molecular complexity index is 431. The topological polar surface area (TPSA) is 69.4 Å². The Labute approximate surface area is 92.2 Å². The minimum absolute atomic E-state index is 0.0520. The third-order valence-electron chi connectivity index (χ3n) is 2.09. The van der Waals surface area contributed by atoms with Crippen molar-refractivity contribution in [2.24, 2.45) is 5.73 Å². The second kappa shape index (κ2) is 4.74. The number of hydrogen-bond donors (Lipinski definition) is 1. The molecule has 2 N–H and O–H groups in total. The summed E-state index contributed by atoms with van der Waals surface area (Å²) < 4.78 is 17.8. The number of ether oxygens (including phenoxy) is 1. The van der Waals surface area contributed by atoms with Gasteiger partial charge >= 0.3 is 5.97 Å². The van der Waals surface area contributed by atoms with E-state index in [9.17, 15) is 14.0 Å². The lowest BCUT2D eigenvalue weighted by atomic mass is 10.1. The van der Waals surface area contributed by atoms with Gasteiger partial charge in [0, 0.05) is 0 Å². The van der Waals surface area contributed by atoms with Gasteiger partial charge in [-0.1, -0.05) is 6.07 Å². The van der Waals surface area contributed by atoms with Gasteiger partial charge in [-0.05, 0) is 31.5 Å². The molecule has 0 spiro atoms. The molecule has 1 amide bonds. The highest BCUT2D eigenvalue weighted by molar-refractivity contribution is 5.91. The van der Waals surface area contributed by atoms with E-state index in [0.29, 0.717) is 5.56 Å². The van der Waals surface area contributed by atoms with Gasteiger partial charge in [0.15, 0.2) is 6.10 Å². The van der Waals surface area contributed by atoms with Crippen LogP contribution >= 0.6 is 0 Å². The molecular formula is C11H12FNO3. The standard InChI is InChI=1S/C11H12FNO3/c1-6-3-4-8(5-9(6)12)11(15)16-7(2)10(13)14/h3-5,7H,1-2H3,(H2,13,14)/t7-/m0/s1. The molecule has 1 aromatic rings. The van der Waals surface area contributed by atoms with Gasteiger partial charge in [-0.2, -0.15) is 0 Å². The zero-order valence-corrected chi connectivity index (χ0v) is 8.99. The van der Waals surface area contributed by atoms with Gasteiger partial charge in [0.2, 0.25) is 0 Å². The van der Waals surface area contributed by atoms with E-state index in [1.54, 1.807) is 6.92 Å². The first-order chi connectivity index (χ1) is 7.41. The predicted molar refractivity (Wildman–Crippen MR) is 55.2 cm³/mol. The monoisotopic (exact) mass is 225 g/mol. The van der Waals surface area contributed by atoms with Crippen LogP contribution in [0.1, 0.15) is 22.8 Å². The number of carbonyl (C=O) groups excluding carboxylic acids is 2. The summed E-state index contributed by atoms with van der Waals surface area (Å²) in [7, 11) is 0. The molecule has 16 heavy (non-hydrogen) atoms. The maximum atomic E-state index is 13.1. The third kappa shape index (κ3) is 2.79. The average Bonchev–Trinajstić information content (AvgIpc) is 2.21. The summed E-state index contributed by atoms with van der Waals surface area (Å²) in [6.07, 6.45) is -1.03. The summed E-state index contributed by atoms with van der Waals surface area (Å²) in [6, 6.07) is 3.95. The van der Waals surface area contributed by atoms with Gasteiger partial charge in [-0.15, -0.1) is 0 Å². The molecule has 0 heterocycles. The molecule has 0 saturated carbocycles. The van der Waals surface area contributed by atoms with E-state index in [1.165, 1.54) is 19.1 Å². The Hall–Kier alpha value is -1.91. The van der Waals surface area contributed by atoms with Crippen LogP contribution < -0.4 is 5.73 Å². The maximum absolute atomic E-state index is 13.1. The molecule has 0 aliphatic heterocycles. The number of benzene rings is 1. The van der Waals surface area contributed by atoms with Crippen LogP contribution in [-0.4, -0.2) is 18.0 Å². The minimum atomic E-state index is -1.03. The van der Waals surface area contributed by atoms with Crippen LogP contribution in [0.4, 0.5) is 4.39 Å². The molecule has 1 atom stereocenters. The molecule has 0 bridgehead atoms. The molecular weight excluding hydrogens is 213 g/mol. The highest BCUT2D eigenvalue weighted by atomic mass is 19.1. The van der Waals surface area contributed by atoms with Crippen molar-refractivity contribution >= 4 is 11.9 Å². The van der Waals surface area contributed by atoms with Crippen LogP contribution in [0.3, 0.4) is 0 Å². The van der Waals surface area contributed by atoms with E-state index in [4.69, 9.17) is 10.5 Å². The summed E-state index contributed by atoms with van der Waals surface area (Å²) in [5.74, 6) is -2.02. The quantitative estimate of drug-likeness (QED) is 0.785. The van der Waals surface area contributed by atoms with E-state index in [1.807, 2.05) is 0 Å². The minimum Gasteiger partial charge on any atom is -0.449 e.